The van der Waals surface area contributed by atoms with Crippen LogP contribution in [0.2, 0.25) is 0 Å². The molecule has 0 saturated heterocycles. The molecule has 0 radical (unpaired) electrons. The monoisotopic (exact) mass is 432 g/mol. The summed E-state index contributed by atoms with van der Waals surface area (Å²) in [6.45, 7) is 0. The molecule has 5 aromatic rings. The summed E-state index contributed by atoms with van der Waals surface area (Å²) >= 11 is 0. The number of alkyl halides is 5. The number of fused-ring (bicyclic) bond motifs is 3. The molecule has 0 aliphatic rings. The highest BCUT2D eigenvalue weighted by Crippen LogP contribution is 2.45. The van der Waals surface area contributed by atoms with Gasteiger partial charge in [-0.05, 0) is 29.8 Å². The standard InChI is InChI=1S/C19H9F5N6O/c20-18(21,19(22,23)24)14-6-12(10-2-1-5-25-7-10)11-3-4-15-27-13(17-29-26-9-31-17)8-30(15)16(11)28-14/h1-9H. The Morgan fingerprint density at radius 2 is 1.84 bits per heavy atom. The Labute approximate surface area is 169 Å². The van der Waals surface area contributed by atoms with Gasteiger partial charge in [0.1, 0.15) is 22.7 Å². The van der Waals surface area contributed by atoms with E-state index in [-0.39, 0.29) is 28.4 Å². The zero-order valence-corrected chi connectivity index (χ0v) is 15.2. The highest BCUT2D eigenvalue weighted by molar-refractivity contribution is 5.94. The van der Waals surface area contributed by atoms with Gasteiger partial charge < -0.3 is 4.42 Å². The molecule has 0 atom stereocenters. The SMILES string of the molecule is FC(F)(F)C(F)(F)c1cc(-c2cccnc2)c2ccc3nc(-c4nnco4)cn3c2n1. The van der Waals surface area contributed by atoms with E-state index < -0.39 is 17.8 Å². The van der Waals surface area contributed by atoms with E-state index in [9.17, 15) is 22.0 Å². The molecule has 0 aliphatic heterocycles. The van der Waals surface area contributed by atoms with Crippen molar-refractivity contribution in [2.24, 2.45) is 0 Å². The van der Waals surface area contributed by atoms with Gasteiger partial charge in [0, 0.05) is 29.5 Å². The number of imidazole rings is 1. The summed E-state index contributed by atoms with van der Waals surface area (Å²) in [7, 11) is 0. The summed E-state index contributed by atoms with van der Waals surface area (Å²) in [5.74, 6) is -5.11. The van der Waals surface area contributed by atoms with Crippen molar-refractivity contribution in [3.63, 3.8) is 0 Å². The lowest BCUT2D eigenvalue weighted by molar-refractivity contribution is -0.290. The summed E-state index contributed by atoms with van der Waals surface area (Å²) < 4.78 is 74.2. The first-order chi connectivity index (χ1) is 14.8. The molecule has 0 bridgehead atoms. The number of halogens is 5. The summed E-state index contributed by atoms with van der Waals surface area (Å²) in [6.07, 6.45) is -0.536. The Balaban J connectivity index is 1.86. The van der Waals surface area contributed by atoms with Crippen LogP contribution in [0.5, 0.6) is 0 Å². The van der Waals surface area contributed by atoms with Crippen molar-refractivity contribution in [2.75, 3.05) is 0 Å². The Hall–Kier alpha value is -3.96. The molecule has 0 fully saturated rings. The van der Waals surface area contributed by atoms with E-state index in [1.165, 1.54) is 23.0 Å². The molecule has 0 aliphatic carbocycles. The Morgan fingerprint density at radius 3 is 2.52 bits per heavy atom. The average Bonchev–Trinajstić information content (AvgIpc) is 3.42. The van der Waals surface area contributed by atoms with Crippen LogP contribution in [-0.4, -0.2) is 35.7 Å². The number of aromatic nitrogens is 6. The predicted octanol–water partition coefficient (Wildman–Crippen LogP) is 4.65. The Bertz CT molecular complexity index is 1400. The van der Waals surface area contributed by atoms with Crippen molar-refractivity contribution in [1.82, 2.24) is 29.5 Å². The highest BCUT2D eigenvalue weighted by Gasteiger charge is 2.60. The van der Waals surface area contributed by atoms with Crippen molar-refractivity contribution in [3.8, 4) is 22.7 Å². The predicted molar refractivity (Wildman–Crippen MR) is 97.0 cm³/mol. The zero-order chi connectivity index (χ0) is 21.8. The maximum Gasteiger partial charge on any atom is 0.459 e. The lowest BCUT2D eigenvalue weighted by Crippen LogP contribution is -2.34. The fraction of sp³-hybridized carbons (Fsp3) is 0.105. The molecule has 0 N–H and O–H groups in total. The van der Waals surface area contributed by atoms with Crippen LogP contribution in [0.3, 0.4) is 0 Å². The summed E-state index contributed by atoms with van der Waals surface area (Å²) in [6, 6.07) is 6.95. The molecule has 5 rings (SSSR count). The quantitative estimate of drug-likeness (QED) is 0.386. The average molecular weight is 432 g/mol. The van der Waals surface area contributed by atoms with Crippen molar-refractivity contribution in [3.05, 3.63) is 61.0 Å². The molecule has 5 heterocycles. The molecule has 0 amide bonds. The summed E-state index contributed by atoms with van der Waals surface area (Å²) in [5, 5.41) is 7.60. The van der Waals surface area contributed by atoms with Gasteiger partial charge in [-0.1, -0.05) is 6.07 Å². The Morgan fingerprint density at radius 1 is 1.00 bits per heavy atom. The van der Waals surface area contributed by atoms with Crippen LogP contribution >= 0.6 is 0 Å². The maximum atomic E-state index is 14.3. The summed E-state index contributed by atoms with van der Waals surface area (Å²) in [5.41, 5.74) is -0.652. The van der Waals surface area contributed by atoms with Gasteiger partial charge in [0.25, 0.3) is 5.89 Å². The van der Waals surface area contributed by atoms with Gasteiger partial charge in [0.2, 0.25) is 6.39 Å². The third kappa shape index (κ3) is 2.98. The molecule has 0 aromatic carbocycles. The van der Waals surface area contributed by atoms with E-state index in [0.717, 1.165) is 12.5 Å². The molecule has 0 unspecified atom stereocenters. The van der Waals surface area contributed by atoms with Crippen molar-refractivity contribution >= 4 is 16.7 Å². The minimum Gasteiger partial charge on any atom is -0.422 e. The topological polar surface area (TPSA) is 82.0 Å². The van der Waals surface area contributed by atoms with Gasteiger partial charge in [0.15, 0.2) is 0 Å². The lowest BCUT2D eigenvalue weighted by atomic mass is 10.0. The molecule has 7 nitrogen and oxygen atoms in total. The van der Waals surface area contributed by atoms with Gasteiger partial charge in [-0.3, -0.25) is 9.38 Å². The molecule has 12 heteroatoms. The van der Waals surface area contributed by atoms with Crippen LogP contribution in [0.4, 0.5) is 22.0 Å². The molecular weight excluding hydrogens is 423 g/mol. The minimum absolute atomic E-state index is 0.0566. The van der Waals surface area contributed by atoms with Crippen LogP contribution in [0.15, 0.2) is 59.7 Å². The van der Waals surface area contributed by atoms with E-state index in [4.69, 9.17) is 4.42 Å². The molecule has 0 saturated carbocycles. The van der Waals surface area contributed by atoms with E-state index in [2.05, 4.69) is 25.1 Å². The smallest absolute Gasteiger partial charge is 0.422 e. The van der Waals surface area contributed by atoms with Crippen LogP contribution in [0, 0.1) is 0 Å². The van der Waals surface area contributed by atoms with E-state index in [1.807, 2.05) is 0 Å². The Kier molecular flexibility index (Phi) is 4.00. The largest absolute Gasteiger partial charge is 0.459 e. The van der Waals surface area contributed by atoms with E-state index in [0.29, 0.717) is 10.9 Å². The maximum absolute atomic E-state index is 14.3. The van der Waals surface area contributed by atoms with Crippen molar-refractivity contribution < 1.29 is 26.4 Å². The van der Waals surface area contributed by atoms with Gasteiger partial charge in [0.05, 0.1) is 0 Å². The van der Waals surface area contributed by atoms with Crippen LogP contribution in [0.25, 0.3) is 39.4 Å². The molecule has 156 valence electrons. The van der Waals surface area contributed by atoms with Gasteiger partial charge >= 0.3 is 12.1 Å². The second-order valence-electron chi connectivity index (χ2n) is 6.54. The second-order valence-corrected chi connectivity index (χ2v) is 6.54. The van der Waals surface area contributed by atoms with Crippen molar-refractivity contribution in [1.29, 1.82) is 0 Å². The molecule has 5 aromatic heterocycles. The second kappa shape index (κ2) is 6.52. The number of nitrogens with zero attached hydrogens (tertiary/aromatic N) is 6. The van der Waals surface area contributed by atoms with Gasteiger partial charge in [-0.15, -0.1) is 10.2 Å². The van der Waals surface area contributed by atoms with E-state index >= 15 is 0 Å². The van der Waals surface area contributed by atoms with Crippen LogP contribution in [-0.2, 0) is 5.92 Å². The first-order valence-electron chi connectivity index (χ1n) is 8.70. The van der Waals surface area contributed by atoms with Crippen LogP contribution < -0.4 is 0 Å². The summed E-state index contributed by atoms with van der Waals surface area (Å²) in [4.78, 5) is 11.9. The number of hydrogen-bond donors (Lipinski definition) is 0. The fourth-order valence-corrected chi connectivity index (χ4v) is 3.18. The number of hydrogen-bond acceptors (Lipinski definition) is 6. The first-order valence-corrected chi connectivity index (χ1v) is 8.70. The zero-order valence-electron chi connectivity index (χ0n) is 15.2. The normalized spacial score (nSPS) is 12.7. The van der Waals surface area contributed by atoms with Gasteiger partial charge in [-0.25, -0.2) is 9.97 Å². The van der Waals surface area contributed by atoms with Crippen molar-refractivity contribution in [2.45, 2.75) is 12.1 Å². The third-order valence-electron chi connectivity index (χ3n) is 4.63. The lowest BCUT2D eigenvalue weighted by Gasteiger charge is -2.20. The molecule has 0 spiro atoms. The van der Waals surface area contributed by atoms with E-state index in [1.54, 1.807) is 24.3 Å². The molecular formula is C19H9F5N6O. The minimum atomic E-state index is -5.82. The number of pyridine rings is 3. The first kappa shape index (κ1) is 19.0. The van der Waals surface area contributed by atoms with Gasteiger partial charge in [-0.2, -0.15) is 22.0 Å². The number of rotatable bonds is 3. The fourth-order valence-electron chi connectivity index (χ4n) is 3.18. The third-order valence-corrected chi connectivity index (χ3v) is 4.63. The molecule has 31 heavy (non-hydrogen) atoms. The highest BCUT2D eigenvalue weighted by atomic mass is 19.4. The van der Waals surface area contributed by atoms with Crippen LogP contribution in [0.1, 0.15) is 5.69 Å².